The van der Waals surface area contributed by atoms with Gasteiger partial charge < -0.3 is 10.0 Å². The molecule has 7 rings (SSSR count). The number of carbonyl (C=O) groups excluding carboxylic acids is 1. The van der Waals surface area contributed by atoms with Crippen molar-refractivity contribution in [3.63, 3.8) is 0 Å². The van der Waals surface area contributed by atoms with E-state index in [1.165, 1.54) is 28.7 Å². The number of thioether (sulfide) groups is 1. The molecule has 4 heterocycles. The zero-order valence-corrected chi connectivity index (χ0v) is 21.1. The zero-order chi connectivity index (χ0) is 26.3. The van der Waals surface area contributed by atoms with Crippen molar-refractivity contribution in [3.8, 4) is 5.75 Å². The highest BCUT2D eigenvalue weighted by Gasteiger charge is 2.60. The lowest BCUT2D eigenvalue weighted by Crippen LogP contribution is -2.65. The minimum Gasteiger partial charge on any atom is -0.502 e. The molecule has 2 unspecified atom stereocenters. The van der Waals surface area contributed by atoms with Crippen LogP contribution in [0.5, 0.6) is 5.75 Å². The minimum atomic E-state index is -0.934. The molecule has 3 aromatic rings. The lowest BCUT2D eigenvalue weighted by molar-refractivity contribution is 0.0299. The Labute approximate surface area is 220 Å². The van der Waals surface area contributed by atoms with Crippen molar-refractivity contribution in [2.75, 3.05) is 18.2 Å². The van der Waals surface area contributed by atoms with E-state index in [1.54, 1.807) is 11.0 Å². The summed E-state index contributed by atoms with van der Waals surface area (Å²) in [4.78, 5) is 28.8. The van der Waals surface area contributed by atoms with E-state index in [2.05, 4.69) is 0 Å². The Morgan fingerprint density at radius 3 is 2.68 bits per heavy atom. The molecule has 1 aliphatic carbocycles. The maximum atomic E-state index is 15.2. The number of pyridine rings is 1. The van der Waals surface area contributed by atoms with Gasteiger partial charge in [0.25, 0.3) is 5.91 Å². The smallest absolute Gasteiger partial charge is 0.278 e. The molecule has 1 saturated heterocycles. The summed E-state index contributed by atoms with van der Waals surface area (Å²) in [7, 11) is 0. The molecule has 1 saturated carbocycles. The van der Waals surface area contributed by atoms with E-state index in [0.29, 0.717) is 31.4 Å². The van der Waals surface area contributed by atoms with Crippen molar-refractivity contribution >= 4 is 17.7 Å². The van der Waals surface area contributed by atoms with Crippen LogP contribution in [0.1, 0.15) is 52.5 Å². The third kappa shape index (κ3) is 3.22. The Hall–Kier alpha value is -3.40. The number of benzene rings is 2. The van der Waals surface area contributed by atoms with Crippen molar-refractivity contribution in [2.45, 2.75) is 42.1 Å². The van der Waals surface area contributed by atoms with Gasteiger partial charge in [0.05, 0.1) is 12.7 Å². The molecular formula is C28H24F3N3O3S. The van der Waals surface area contributed by atoms with Crippen LogP contribution in [0.2, 0.25) is 0 Å². The van der Waals surface area contributed by atoms with E-state index >= 15 is 4.39 Å². The second kappa shape index (κ2) is 8.30. The molecular weight excluding hydrogens is 515 g/mol. The summed E-state index contributed by atoms with van der Waals surface area (Å²) in [5, 5.41) is 12.7. The highest BCUT2D eigenvalue weighted by atomic mass is 32.2. The Morgan fingerprint density at radius 2 is 1.89 bits per heavy atom. The van der Waals surface area contributed by atoms with E-state index in [4.69, 9.17) is 0 Å². The fourth-order valence-electron chi connectivity index (χ4n) is 6.66. The largest absolute Gasteiger partial charge is 0.502 e. The van der Waals surface area contributed by atoms with Crippen LogP contribution < -0.4 is 10.4 Å². The molecule has 2 aromatic carbocycles. The molecule has 10 heteroatoms. The quantitative estimate of drug-likeness (QED) is 0.511. The van der Waals surface area contributed by atoms with E-state index in [0.717, 1.165) is 16.5 Å². The van der Waals surface area contributed by atoms with E-state index < -0.39 is 47.6 Å². The number of hydrogen-bond acceptors (Lipinski definition) is 5. The summed E-state index contributed by atoms with van der Waals surface area (Å²) < 4.78 is 44.8. The Kier molecular flexibility index (Phi) is 5.17. The monoisotopic (exact) mass is 539 g/mol. The van der Waals surface area contributed by atoms with Crippen LogP contribution in [0.15, 0.2) is 58.4 Å². The van der Waals surface area contributed by atoms with Crippen molar-refractivity contribution in [1.82, 2.24) is 9.58 Å². The number of aromatic nitrogens is 1. The van der Waals surface area contributed by atoms with Gasteiger partial charge in [0.2, 0.25) is 5.43 Å². The number of fused-ring (bicyclic) bond motifs is 4. The van der Waals surface area contributed by atoms with Crippen LogP contribution in [-0.2, 0) is 5.75 Å². The summed E-state index contributed by atoms with van der Waals surface area (Å²) in [6.45, 7) is -0.152. The van der Waals surface area contributed by atoms with Crippen LogP contribution in [0.25, 0.3) is 0 Å². The van der Waals surface area contributed by atoms with Crippen LogP contribution in [0.4, 0.5) is 13.2 Å². The summed E-state index contributed by atoms with van der Waals surface area (Å²) in [5.74, 6) is -2.90. The van der Waals surface area contributed by atoms with Gasteiger partial charge in [0.15, 0.2) is 23.1 Å². The lowest BCUT2D eigenvalue weighted by Gasteiger charge is -2.53. The molecule has 38 heavy (non-hydrogen) atoms. The predicted molar refractivity (Wildman–Crippen MR) is 135 cm³/mol. The molecule has 6 nitrogen and oxygen atoms in total. The normalized spacial score (nSPS) is 27.3. The fraction of sp³-hybridized carbons (Fsp3) is 0.357. The number of rotatable bonds is 2. The summed E-state index contributed by atoms with van der Waals surface area (Å²) in [6, 6.07) is 10.8. The topological polar surface area (TPSA) is 65.8 Å². The Bertz CT molecular complexity index is 1560. The third-order valence-electron chi connectivity index (χ3n) is 8.74. The number of carbonyl (C=O) groups is 1. The molecule has 1 amide bonds. The van der Waals surface area contributed by atoms with E-state index in [1.807, 2.05) is 29.3 Å². The molecule has 2 fully saturated rings. The number of hydrogen-bond donors (Lipinski definition) is 1. The van der Waals surface area contributed by atoms with E-state index in [-0.39, 0.29) is 28.3 Å². The predicted octanol–water partition coefficient (Wildman–Crippen LogP) is 4.72. The maximum absolute atomic E-state index is 15.2. The first-order valence-corrected chi connectivity index (χ1v) is 13.6. The number of nitrogens with zero attached hydrogens (tertiary/aromatic N) is 3. The molecule has 4 aliphatic rings. The van der Waals surface area contributed by atoms with Crippen LogP contribution in [0.3, 0.4) is 0 Å². The first kappa shape index (κ1) is 23.7. The second-order valence-corrected chi connectivity index (χ2v) is 11.6. The summed E-state index contributed by atoms with van der Waals surface area (Å²) in [5.41, 5.74) is 0.444. The average Bonchev–Trinajstić information content (AvgIpc) is 3.64. The first-order valence-electron chi connectivity index (χ1n) is 12.6. The van der Waals surface area contributed by atoms with Crippen molar-refractivity contribution < 1.29 is 23.1 Å². The standard InChI is InChI=1S/C28H24F3N3O3S/c29-12-15-11-28(15)9-7-22-32(14-28)27(37)25-26(36)20(35)8-10-33(25)34(22)24-16-5-6-19(30)23(31)18(16)13-38-21-4-2-1-3-17(21)24/h1-6,8,10,15,22,24,36H,7,9,11-14H2/t15?,22-,24+,28?/m1/s1. The molecule has 4 atom stereocenters. The SMILES string of the molecule is O=C1c2c(O)c(=O)ccn2N([C@@H]2c3ccccc3SCc3c2ccc(F)c3F)[C@@H]2CCC3(CC3CF)CN12. The van der Waals surface area contributed by atoms with Crippen molar-refractivity contribution in [1.29, 1.82) is 0 Å². The molecule has 0 radical (unpaired) electrons. The Balaban J connectivity index is 1.48. The van der Waals surface area contributed by atoms with Gasteiger partial charge in [0.1, 0.15) is 6.17 Å². The minimum absolute atomic E-state index is 0.119. The molecule has 196 valence electrons. The number of aromatic hydroxyl groups is 1. The average molecular weight is 540 g/mol. The highest BCUT2D eigenvalue weighted by molar-refractivity contribution is 7.98. The molecule has 1 N–H and O–H groups in total. The van der Waals surface area contributed by atoms with Crippen LogP contribution in [-0.4, -0.2) is 40.0 Å². The van der Waals surface area contributed by atoms with Gasteiger partial charge in [-0.15, -0.1) is 11.8 Å². The Morgan fingerprint density at radius 1 is 1.08 bits per heavy atom. The summed E-state index contributed by atoms with van der Waals surface area (Å²) >= 11 is 1.41. The number of halogens is 3. The van der Waals surface area contributed by atoms with Crippen molar-refractivity contribution in [2.24, 2.45) is 11.3 Å². The highest BCUT2D eigenvalue weighted by Crippen LogP contribution is 2.60. The van der Waals surface area contributed by atoms with Gasteiger partial charge in [-0.3, -0.25) is 23.7 Å². The van der Waals surface area contributed by atoms with Crippen molar-refractivity contribution in [3.05, 3.63) is 92.9 Å². The maximum Gasteiger partial charge on any atom is 0.278 e. The van der Waals surface area contributed by atoms with Gasteiger partial charge in [-0.25, -0.2) is 8.78 Å². The number of amides is 1. The van der Waals surface area contributed by atoms with Crippen LogP contribution in [0, 0.1) is 23.0 Å². The molecule has 1 aromatic heterocycles. The second-order valence-electron chi connectivity index (χ2n) is 10.6. The summed E-state index contributed by atoms with van der Waals surface area (Å²) in [6.07, 6.45) is 2.87. The first-order chi connectivity index (χ1) is 18.3. The lowest BCUT2D eigenvalue weighted by atomic mass is 9.87. The van der Waals surface area contributed by atoms with Gasteiger partial charge in [-0.05, 0) is 53.9 Å². The van der Waals surface area contributed by atoms with Gasteiger partial charge in [-0.2, -0.15) is 0 Å². The molecule has 3 aliphatic heterocycles. The number of alkyl halides is 1. The molecule has 1 spiro atoms. The number of piperidine rings is 1. The zero-order valence-electron chi connectivity index (χ0n) is 20.2. The van der Waals surface area contributed by atoms with Gasteiger partial charge >= 0.3 is 0 Å². The van der Waals surface area contributed by atoms with Gasteiger partial charge in [0, 0.05) is 35.0 Å². The third-order valence-corrected chi connectivity index (χ3v) is 9.85. The molecule has 0 bridgehead atoms. The van der Waals surface area contributed by atoms with Gasteiger partial charge in [-0.1, -0.05) is 24.3 Å². The van der Waals surface area contributed by atoms with E-state index in [9.17, 15) is 23.5 Å². The van der Waals surface area contributed by atoms with Crippen LogP contribution >= 0.6 is 11.8 Å². The fourth-order valence-corrected chi connectivity index (χ4v) is 7.78.